The van der Waals surface area contributed by atoms with E-state index in [-0.39, 0.29) is 12.0 Å². The summed E-state index contributed by atoms with van der Waals surface area (Å²) in [5.41, 5.74) is -2.52. The molecule has 13 heteroatoms. The van der Waals surface area contributed by atoms with Gasteiger partial charge in [-0.25, -0.2) is 10.1 Å². The highest BCUT2D eigenvalue weighted by molar-refractivity contribution is 5.77. The summed E-state index contributed by atoms with van der Waals surface area (Å²) in [6, 6.07) is 5.70. The molecular formula is C23H29F3N6O4. The SMILES string of the molecule is CCCCO[C@@H](C)CC(=O)N1CCN(c2ccc(C#N)cn2)CC1.O=c1[nH]ncc(O)c1C(F)(F)F. The first-order valence-corrected chi connectivity index (χ1v) is 11.4. The summed E-state index contributed by atoms with van der Waals surface area (Å²) in [7, 11) is 0. The van der Waals surface area contributed by atoms with Crippen molar-refractivity contribution in [2.24, 2.45) is 0 Å². The van der Waals surface area contributed by atoms with Crippen molar-refractivity contribution in [3.05, 3.63) is 46.0 Å². The van der Waals surface area contributed by atoms with Crippen LogP contribution < -0.4 is 10.5 Å². The average Bonchev–Trinajstić information content (AvgIpc) is 2.84. The number of H-pyrrole nitrogens is 1. The predicted octanol–water partition coefficient (Wildman–Crippen LogP) is 2.69. The van der Waals surface area contributed by atoms with Gasteiger partial charge in [0.05, 0.1) is 24.3 Å². The van der Waals surface area contributed by atoms with Gasteiger partial charge in [0.1, 0.15) is 11.9 Å². The molecular weight excluding hydrogens is 481 g/mol. The zero-order valence-corrected chi connectivity index (χ0v) is 20.1. The summed E-state index contributed by atoms with van der Waals surface area (Å²) < 4.78 is 41.4. The maximum absolute atomic E-state index is 12.3. The number of unbranched alkanes of at least 4 members (excludes halogenated alkanes) is 1. The number of aromatic nitrogens is 3. The minimum Gasteiger partial charge on any atom is -0.505 e. The molecule has 2 N–H and O–H groups in total. The van der Waals surface area contributed by atoms with Crippen LogP contribution in [0.3, 0.4) is 0 Å². The maximum Gasteiger partial charge on any atom is 0.425 e. The highest BCUT2D eigenvalue weighted by Crippen LogP contribution is 2.31. The third-order valence-corrected chi connectivity index (χ3v) is 5.32. The minimum atomic E-state index is -4.86. The molecule has 1 fully saturated rings. The second-order valence-corrected chi connectivity index (χ2v) is 8.08. The Balaban J connectivity index is 0.000000319. The molecule has 2 aromatic heterocycles. The van der Waals surface area contributed by atoms with Crippen molar-refractivity contribution in [2.75, 3.05) is 37.7 Å². The Morgan fingerprint density at radius 2 is 1.97 bits per heavy atom. The third-order valence-electron chi connectivity index (χ3n) is 5.32. The standard InChI is InChI=1S/C18H26N4O2.C5H3F3N2O2/c1-3-4-11-24-15(2)12-18(23)22-9-7-21(8-10-22)17-6-5-16(13-19)14-20-17;6-5(7,8)3-2(11)1-9-10-4(3)12/h5-6,14-15H,3-4,7-12H2,1-2H3;1H,(H2,10,11,12)/t15-;/m0./s1. The molecule has 3 heterocycles. The Morgan fingerprint density at radius 3 is 2.47 bits per heavy atom. The van der Waals surface area contributed by atoms with Gasteiger partial charge in [-0.2, -0.15) is 23.5 Å². The van der Waals surface area contributed by atoms with E-state index >= 15 is 0 Å². The van der Waals surface area contributed by atoms with Gasteiger partial charge in [-0.3, -0.25) is 9.59 Å². The lowest BCUT2D eigenvalue weighted by Crippen LogP contribution is -2.49. The number of amides is 1. The summed E-state index contributed by atoms with van der Waals surface area (Å²) in [5.74, 6) is -0.157. The zero-order valence-electron chi connectivity index (χ0n) is 20.1. The van der Waals surface area contributed by atoms with E-state index in [0.29, 0.717) is 31.3 Å². The fourth-order valence-electron chi connectivity index (χ4n) is 3.35. The van der Waals surface area contributed by atoms with Gasteiger partial charge in [-0.05, 0) is 25.5 Å². The first kappa shape index (κ1) is 28.6. The van der Waals surface area contributed by atoms with Crippen molar-refractivity contribution in [1.29, 1.82) is 5.26 Å². The van der Waals surface area contributed by atoms with Crippen molar-refractivity contribution in [2.45, 2.75) is 45.4 Å². The number of nitrogens with one attached hydrogen (secondary N) is 1. The Morgan fingerprint density at radius 1 is 1.28 bits per heavy atom. The van der Waals surface area contributed by atoms with E-state index in [1.165, 1.54) is 0 Å². The summed E-state index contributed by atoms with van der Waals surface area (Å²) in [4.78, 5) is 31.2. The molecule has 1 aliphatic rings. The van der Waals surface area contributed by atoms with Crippen molar-refractivity contribution >= 4 is 11.7 Å². The molecule has 0 saturated carbocycles. The Labute approximate surface area is 206 Å². The number of carbonyl (C=O) groups is 1. The highest BCUT2D eigenvalue weighted by Gasteiger charge is 2.37. The van der Waals surface area contributed by atoms with E-state index in [1.54, 1.807) is 17.4 Å². The number of hydrogen-bond donors (Lipinski definition) is 2. The topological polar surface area (TPSA) is 135 Å². The molecule has 0 radical (unpaired) electrons. The predicted molar refractivity (Wildman–Crippen MR) is 124 cm³/mol. The molecule has 0 spiro atoms. The maximum atomic E-state index is 12.3. The van der Waals surface area contributed by atoms with Crippen LogP contribution in [0.1, 0.15) is 44.2 Å². The quantitative estimate of drug-likeness (QED) is 0.543. The Bertz CT molecular complexity index is 1080. The van der Waals surface area contributed by atoms with Crippen molar-refractivity contribution in [3.8, 4) is 11.8 Å². The van der Waals surface area contributed by atoms with Crippen LogP contribution in [0.4, 0.5) is 19.0 Å². The molecule has 1 amide bonds. The van der Waals surface area contributed by atoms with Gasteiger partial charge in [-0.15, -0.1) is 0 Å². The lowest BCUT2D eigenvalue weighted by molar-refractivity contribution is -0.140. The van der Waals surface area contributed by atoms with E-state index < -0.39 is 23.0 Å². The number of rotatable bonds is 7. The number of aromatic hydroxyl groups is 1. The number of ether oxygens (including phenoxy) is 1. The van der Waals surface area contributed by atoms with E-state index in [4.69, 9.17) is 15.1 Å². The van der Waals surface area contributed by atoms with E-state index in [9.17, 15) is 22.8 Å². The van der Waals surface area contributed by atoms with Crippen LogP contribution in [0.2, 0.25) is 0 Å². The van der Waals surface area contributed by atoms with Gasteiger partial charge in [-0.1, -0.05) is 13.3 Å². The molecule has 2 aromatic rings. The van der Waals surface area contributed by atoms with Gasteiger partial charge in [0.2, 0.25) is 5.91 Å². The van der Waals surface area contributed by atoms with Crippen molar-refractivity contribution in [3.63, 3.8) is 0 Å². The molecule has 1 atom stereocenters. The molecule has 3 rings (SSSR count). The molecule has 1 aliphatic heterocycles. The number of pyridine rings is 1. The zero-order chi connectivity index (χ0) is 26.7. The number of halogens is 3. The number of carbonyl (C=O) groups excluding carboxylic acids is 1. The van der Waals surface area contributed by atoms with Crippen LogP contribution in [0, 0.1) is 11.3 Å². The van der Waals surface area contributed by atoms with Gasteiger partial charge < -0.3 is 19.6 Å². The Hall–Kier alpha value is -3.66. The minimum absolute atomic E-state index is 0.0257. The van der Waals surface area contributed by atoms with Crippen LogP contribution >= 0.6 is 0 Å². The largest absolute Gasteiger partial charge is 0.505 e. The molecule has 1 saturated heterocycles. The molecule has 10 nitrogen and oxygen atoms in total. The van der Waals surface area contributed by atoms with E-state index in [0.717, 1.165) is 38.4 Å². The lowest BCUT2D eigenvalue weighted by Gasteiger charge is -2.35. The second-order valence-electron chi connectivity index (χ2n) is 8.08. The van der Waals surface area contributed by atoms with Crippen LogP contribution in [-0.2, 0) is 15.7 Å². The first-order valence-electron chi connectivity index (χ1n) is 11.4. The van der Waals surface area contributed by atoms with Gasteiger partial charge in [0.25, 0.3) is 5.56 Å². The average molecular weight is 511 g/mol. The van der Waals surface area contributed by atoms with Gasteiger partial charge >= 0.3 is 6.18 Å². The highest BCUT2D eigenvalue weighted by atomic mass is 19.4. The number of anilines is 1. The third kappa shape index (κ3) is 8.53. The van der Waals surface area contributed by atoms with Crippen molar-refractivity contribution < 1.29 is 27.8 Å². The smallest absolute Gasteiger partial charge is 0.425 e. The van der Waals surface area contributed by atoms with Crippen molar-refractivity contribution in [1.82, 2.24) is 20.1 Å². The number of nitriles is 1. The molecule has 0 unspecified atom stereocenters. The molecule has 0 aromatic carbocycles. The van der Waals surface area contributed by atoms with E-state index in [1.807, 2.05) is 17.9 Å². The number of hydrogen-bond acceptors (Lipinski definition) is 8. The number of aromatic amines is 1. The second kappa shape index (κ2) is 13.4. The summed E-state index contributed by atoms with van der Waals surface area (Å²) in [5, 5.41) is 22.0. The first-order chi connectivity index (χ1) is 17.1. The van der Waals surface area contributed by atoms with Crippen LogP contribution in [0.5, 0.6) is 5.75 Å². The fourth-order valence-corrected chi connectivity index (χ4v) is 3.35. The number of alkyl halides is 3. The van der Waals surface area contributed by atoms with Crippen LogP contribution in [-0.4, -0.2) is 70.0 Å². The summed E-state index contributed by atoms with van der Waals surface area (Å²) in [6.45, 7) is 7.73. The number of nitrogens with zero attached hydrogens (tertiary/aromatic N) is 5. The fraction of sp³-hybridized carbons (Fsp3) is 0.522. The van der Waals surface area contributed by atoms with Crippen LogP contribution in [0.15, 0.2) is 29.3 Å². The normalized spacial score (nSPS) is 14.4. The summed E-state index contributed by atoms with van der Waals surface area (Å²) >= 11 is 0. The van der Waals surface area contributed by atoms with E-state index in [2.05, 4.69) is 28.0 Å². The molecule has 196 valence electrons. The van der Waals surface area contributed by atoms with Gasteiger partial charge in [0, 0.05) is 39.0 Å². The number of piperazine rings is 1. The summed E-state index contributed by atoms with van der Waals surface area (Å²) in [6.07, 6.45) is -0.200. The monoisotopic (exact) mass is 510 g/mol. The molecule has 36 heavy (non-hydrogen) atoms. The van der Waals surface area contributed by atoms with Gasteiger partial charge in [0.15, 0.2) is 11.3 Å². The van der Waals surface area contributed by atoms with Crippen LogP contribution in [0.25, 0.3) is 0 Å². The molecule has 0 aliphatic carbocycles. The molecule has 0 bridgehead atoms. The Kier molecular flexibility index (Phi) is 10.7. The lowest BCUT2D eigenvalue weighted by atomic mass is 10.2.